The summed E-state index contributed by atoms with van der Waals surface area (Å²) in [6.45, 7) is 6.23. The Balaban J connectivity index is 1.71. The van der Waals surface area contributed by atoms with Gasteiger partial charge in [-0.25, -0.2) is 0 Å². The number of allylic oxidation sites excluding steroid dienone is 1. The molecule has 1 heterocycles. The molecule has 0 unspecified atom stereocenters. The average molecular weight is 365 g/mol. The Morgan fingerprint density at radius 1 is 0.857 bits per heavy atom. The van der Waals surface area contributed by atoms with Crippen molar-refractivity contribution in [2.45, 2.75) is 20.8 Å². The Morgan fingerprint density at radius 3 is 2.36 bits per heavy atom. The minimum atomic E-state index is 0.0231. The molecule has 28 heavy (non-hydrogen) atoms. The minimum absolute atomic E-state index is 0.0231. The number of hydrogen-bond acceptors (Lipinski definition) is 1. The lowest BCUT2D eigenvalue weighted by molar-refractivity contribution is 0.104. The standard InChI is InChI=1S/C26H23NO/c1-18-11-13-22(14-12-18)26(28)16-15-23-17-19(2)27(20(23)3)25-10-6-8-21-7-4-5-9-24(21)25/h4-17H,1-3H3/b16-15+. The third kappa shape index (κ3) is 3.29. The first-order valence-electron chi connectivity index (χ1n) is 9.51. The van der Waals surface area contributed by atoms with Crippen LogP contribution in [0.5, 0.6) is 0 Å². The zero-order valence-corrected chi connectivity index (χ0v) is 16.4. The summed E-state index contributed by atoms with van der Waals surface area (Å²) >= 11 is 0. The number of carbonyl (C=O) groups excluding carboxylic acids is 1. The van der Waals surface area contributed by atoms with Crippen LogP contribution in [0.2, 0.25) is 0 Å². The molecular weight excluding hydrogens is 342 g/mol. The molecule has 1 aromatic heterocycles. The van der Waals surface area contributed by atoms with Gasteiger partial charge in [-0.3, -0.25) is 4.79 Å². The molecule has 0 aliphatic rings. The summed E-state index contributed by atoms with van der Waals surface area (Å²) in [5.74, 6) is 0.0231. The van der Waals surface area contributed by atoms with Gasteiger partial charge in [-0.15, -0.1) is 0 Å². The van der Waals surface area contributed by atoms with Crippen molar-refractivity contribution in [2.75, 3.05) is 0 Å². The molecule has 4 rings (SSSR count). The maximum Gasteiger partial charge on any atom is 0.185 e. The summed E-state index contributed by atoms with van der Waals surface area (Å²) in [7, 11) is 0. The van der Waals surface area contributed by atoms with Gasteiger partial charge in [0.25, 0.3) is 0 Å². The summed E-state index contributed by atoms with van der Waals surface area (Å²) in [6, 6.07) is 24.6. The molecule has 0 spiro atoms. The van der Waals surface area contributed by atoms with E-state index >= 15 is 0 Å². The van der Waals surface area contributed by atoms with Crippen LogP contribution in [0, 0.1) is 20.8 Å². The predicted molar refractivity (Wildman–Crippen MR) is 117 cm³/mol. The molecule has 0 aliphatic heterocycles. The smallest absolute Gasteiger partial charge is 0.185 e. The highest BCUT2D eigenvalue weighted by molar-refractivity contribution is 6.06. The van der Waals surface area contributed by atoms with Crippen LogP contribution >= 0.6 is 0 Å². The number of ketones is 1. The van der Waals surface area contributed by atoms with E-state index in [9.17, 15) is 4.79 Å². The molecule has 138 valence electrons. The van der Waals surface area contributed by atoms with Gasteiger partial charge in [0.2, 0.25) is 0 Å². The van der Waals surface area contributed by atoms with Crippen LogP contribution in [-0.4, -0.2) is 10.4 Å². The quantitative estimate of drug-likeness (QED) is 0.301. The SMILES string of the molecule is Cc1ccc(C(=O)/C=C/c2cc(C)n(-c3cccc4ccccc34)c2C)cc1. The van der Waals surface area contributed by atoms with Crippen LogP contribution in [0.15, 0.2) is 78.9 Å². The first-order chi connectivity index (χ1) is 13.5. The van der Waals surface area contributed by atoms with Gasteiger partial charge in [-0.05, 0) is 56.0 Å². The van der Waals surface area contributed by atoms with Crippen LogP contribution in [-0.2, 0) is 0 Å². The number of rotatable bonds is 4. The van der Waals surface area contributed by atoms with Gasteiger partial charge in [-0.2, -0.15) is 0 Å². The molecule has 0 saturated carbocycles. The second kappa shape index (κ2) is 7.32. The Hall–Kier alpha value is -3.39. The molecule has 0 atom stereocenters. The molecule has 3 aromatic carbocycles. The van der Waals surface area contributed by atoms with Crippen LogP contribution < -0.4 is 0 Å². The fourth-order valence-electron chi connectivity index (χ4n) is 3.71. The number of nitrogens with zero attached hydrogens (tertiary/aromatic N) is 1. The molecule has 0 radical (unpaired) electrons. The Kier molecular flexibility index (Phi) is 4.70. The summed E-state index contributed by atoms with van der Waals surface area (Å²) in [5.41, 5.74) is 6.37. The first kappa shape index (κ1) is 18.0. The first-order valence-corrected chi connectivity index (χ1v) is 9.51. The molecule has 0 aliphatic carbocycles. The number of fused-ring (bicyclic) bond motifs is 1. The lowest BCUT2D eigenvalue weighted by Crippen LogP contribution is -2.00. The number of aryl methyl sites for hydroxylation is 2. The zero-order chi connectivity index (χ0) is 19.7. The van der Waals surface area contributed by atoms with Crippen LogP contribution in [0.4, 0.5) is 0 Å². The lowest BCUT2D eigenvalue weighted by Gasteiger charge is -2.13. The van der Waals surface area contributed by atoms with Crippen LogP contribution in [0.1, 0.15) is 32.9 Å². The number of benzene rings is 3. The van der Waals surface area contributed by atoms with Crippen molar-refractivity contribution in [2.24, 2.45) is 0 Å². The maximum absolute atomic E-state index is 12.5. The Morgan fingerprint density at radius 2 is 1.57 bits per heavy atom. The number of carbonyl (C=O) groups is 1. The van der Waals surface area contributed by atoms with E-state index in [1.54, 1.807) is 6.08 Å². The Bertz CT molecular complexity index is 1190. The fourth-order valence-corrected chi connectivity index (χ4v) is 3.71. The van der Waals surface area contributed by atoms with Crippen molar-refractivity contribution >= 4 is 22.6 Å². The second-order valence-electron chi connectivity index (χ2n) is 7.22. The van der Waals surface area contributed by atoms with Gasteiger partial charge in [0, 0.05) is 22.3 Å². The molecule has 0 N–H and O–H groups in total. The molecule has 0 amide bonds. The normalized spacial score (nSPS) is 11.4. The highest BCUT2D eigenvalue weighted by Crippen LogP contribution is 2.28. The molecule has 2 nitrogen and oxygen atoms in total. The second-order valence-corrected chi connectivity index (χ2v) is 7.22. The van der Waals surface area contributed by atoms with E-state index in [4.69, 9.17) is 0 Å². The van der Waals surface area contributed by atoms with Crippen molar-refractivity contribution in [1.82, 2.24) is 4.57 Å². The van der Waals surface area contributed by atoms with Crippen LogP contribution in [0.3, 0.4) is 0 Å². The topological polar surface area (TPSA) is 22.0 Å². The molecule has 4 aromatic rings. The van der Waals surface area contributed by atoms with Crippen LogP contribution in [0.25, 0.3) is 22.5 Å². The van der Waals surface area contributed by atoms with Gasteiger partial charge in [0.1, 0.15) is 0 Å². The monoisotopic (exact) mass is 365 g/mol. The molecule has 2 heteroatoms. The molecular formula is C26H23NO. The zero-order valence-electron chi connectivity index (χ0n) is 16.4. The Labute approximate surface area is 165 Å². The van der Waals surface area contributed by atoms with Crippen molar-refractivity contribution in [1.29, 1.82) is 0 Å². The van der Waals surface area contributed by atoms with Gasteiger partial charge < -0.3 is 4.57 Å². The summed E-state index contributed by atoms with van der Waals surface area (Å²) in [5, 5.41) is 2.44. The average Bonchev–Trinajstić information content (AvgIpc) is 2.99. The third-order valence-corrected chi connectivity index (χ3v) is 5.23. The van der Waals surface area contributed by atoms with E-state index in [1.165, 1.54) is 10.8 Å². The van der Waals surface area contributed by atoms with E-state index in [2.05, 4.69) is 66.9 Å². The summed E-state index contributed by atoms with van der Waals surface area (Å²) in [4.78, 5) is 12.5. The molecule has 0 fully saturated rings. The van der Waals surface area contributed by atoms with E-state index in [-0.39, 0.29) is 5.78 Å². The van der Waals surface area contributed by atoms with E-state index in [1.807, 2.05) is 37.3 Å². The van der Waals surface area contributed by atoms with Gasteiger partial charge in [0.05, 0.1) is 5.69 Å². The van der Waals surface area contributed by atoms with Crippen molar-refractivity contribution in [3.63, 3.8) is 0 Å². The largest absolute Gasteiger partial charge is 0.317 e. The fraction of sp³-hybridized carbons (Fsp3) is 0.115. The van der Waals surface area contributed by atoms with Crippen molar-refractivity contribution in [3.8, 4) is 5.69 Å². The van der Waals surface area contributed by atoms with Gasteiger partial charge in [0.15, 0.2) is 5.78 Å². The van der Waals surface area contributed by atoms with Crippen molar-refractivity contribution in [3.05, 3.63) is 107 Å². The van der Waals surface area contributed by atoms with E-state index in [0.29, 0.717) is 5.56 Å². The predicted octanol–water partition coefficient (Wildman–Crippen LogP) is 6.45. The maximum atomic E-state index is 12.5. The minimum Gasteiger partial charge on any atom is -0.317 e. The summed E-state index contributed by atoms with van der Waals surface area (Å²) in [6.07, 6.45) is 3.59. The molecule has 0 bridgehead atoms. The third-order valence-electron chi connectivity index (χ3n) is 5.23. The van der Waals surface area contributed by atoms with E-state index < -0.39 is 0 Å². The summed E-state index contributed by atoms with van der Waals surface area (Å²) < 4.78 is 2.26. The van der Waals surface area contributed by atoms with E-state index in [0.717, 1.165) is 28.2 Å². The highest BCUT2D eigenvalue weighted by Gasteiger charge is 2.12. The number of aromatic nitrogens is 1. The van der Waals surface area contributed by atoms with Gasteiger partial charge in [-0.1, -0.05) is 66.2 Å². The van der Waals surface area contributed by atoms with Crippen molar-refractivity contribution < 1.29 is 4.79 Å². The molecule has 0 saturated heterocycles. The highest BCUT2D eigenvalue weighted by atomic mass is 16.1. The van der Waals surface area contributed by atoms with Gasteiger partial charge >= 0.3 is 0 Å². The lowest BCUT2D eigenvalue weighted by atomic mass is 10.1. The number of hydrogen-bond donors (Lipinski definition) is 0.